The molecule has 2 fully saturated rings. The number of nitrogens with zero attached hydrogens (tertiary/aromatic N) is 4. The summed E-state index contributed by atoms with van der Waals surface area (Å²) in [5, 5.41) is 7.85. The molecule has 7 nitrogen and oxygen atoms in total. The first-order chi connectivity index (χ1) is 12.6. The molecular formula is C18H24FN5O2. The first-order valence-electron chi connectivity index (χ1n) is 9.18. The monoisotopic (exact) mass is 361 g/mol. The minimum absolute atomic E-state index is 0.0525. The van der Waals surface area contributed by atoms with E-state index in [1.54, 1.807) is 6.07 Å². The second-order valence-electron chi connectivity index (χ2n) is 7.04. The second kappa shape index (κ2) is 7.11. The van der Waals surface area contributed by atoms with Crippen molar-refractivity contribution in [2.75, 3.05) is 50.7 Å². The van der Waals surface area contributed by atoms with E-state index in [1.165, 1.54) is 12.1 Å². The Hall–Kier alpha value is -2.35. The molecule has 2 saturated heterocycles. The van der Waals surface area contributed by atoms with Crippen molar-refractivity contribution >= 4 is 22.8 Å². The van der Waals surface area contributed by atoms with Crippen LogP contribution in [0.25, 0.3) is 11.0 Å². The van der Waals surface area contributed by atoms with Gasteiger partial charge in [0.1, 0.15) is 5.82 Å². The van der Waals surface area contributed by atoms with Gasteiger partial charge in [-0.25, -0.2) is 9.18 Å². The minimum atomic E-state index is -0.314. The number of amides is 2. The number of hydrogen-bond acceptors (Lipinski definition) is 5. The van der Waals surface area contributed by atoms with E-state index in [-0.39, 0.29) is 17.9 Å². The van der Waals surface area contributed by atoms with Crippen molar-refractivity contribution in [3.63, 3.8) is 0 Å². The highest BCUT2D eigenvalue weighted by Crippen LogP contribution is 2.27. The Balaban J connectivity index is 1.30. The standard InChI is InChI=1S/C18H24FN5O2/c1-13(24-7-5-20-18(24)25)4-6-22-8-10-23(11-9-22)17-15-3-2-14(19)12-16(15)26-21-17/h2-3,12-13H,4-11H2,1H3,(H,20,25). The van der Waals surface area contributed by atoms with Crippen LogP contribution in [-0.2, 0) is 0 Å². The molecule has 1 aromatic carbocycles. The van der Waals surface area contributed by atoms with Crippen LogP contribution in [-0.4, -0.2) is 72.8 Å². The molecule has 3 heterocycles. The third-order valence-corrected chi connectivity index (χ3v) is 5.37. The summed E-state index contributed by atoms with van der Waals surface area (Å²) in [4.78, 5) is 18.2. The fraction of sp³-hybridized carbons (Fsp3) is 0.556. The van der Waals surface area contributed by atoms with E-state index in [0.29, 0.717) is 5.58 Å². The summed E-state index contributed by atoms with van der Waals surface area (Å²) in [6, 6.07) is 4.85. The van der Waals surface area contributed by atoms with Crippen molar-refractivity contribution in [3.8, 4) is 0 Å². The molecule has 1 N–H and O–H groups in total. The Labute approximate surface area is 151 Å². The van der Waals surface area contributed by atoms with Crippen LogP contribution in [0.2, 0.25) is 0 Å². The topological polar surface area (TPSA) is 64.9 Å². The number of nitrogens with one attached hydrogen (secondary N) is 1. The number of aromatic nitrogens is 1. The van der Waals surface area contributed by atoms with Crippen molar-refractivity contribution in [1.82, 2.24) is 20.3 Å². The maximum atomic E-state index is 13.3. The molecule has 0 spiro atoms. The van der Waals surface area contributed by atoms with Gasteiger partial charge in [-0.2, -0.15) is 0 Å². The van der Waals surface area contributed by atoms with Crippen molar-refractivity contribution in [1.29, 1.82) is 0 Å². The largest absolute Gasteiger partial charge is 0.354 e. The first kappa shape index (κ1) is 17.1. The minimum Gasteiger partial charge on any atom is -0.354 e. The van der Waals surface area contributed by atoms with E-state index in [0.717, 1.165) is 63.4 Å². The lowest BCUT2D eigenvalue weighted by Crippen LogP contribution is -2.48. The summed E-state index contributed by atoms with van der Waals surface area (Å²) >= 11 is 0. The van der Waals surface area contributed by atoms with Gasteiger partial charge in [-0.15, -0.1) is 0 Å². The molecule has 1 atom stereocenters. The molecule has 0 aliphatic carbocycles. The van der Waals surface area contributed by atoms with E-state index in [9.17, 15) is 9.18 Å². The molecule has 140 valence electrons. The van der Waals surface area contributed by atoms with Gasteiger partial charge in [-0.3, -0.25) is 4.90 Å². The van der Waals surface area contributed by atoms with E-state index in [1.807, 2.05) is 4.90 Å². The van der Waals surface area contributed by atoms with Gasteiger partial charge in [-0.1, -0.05) is 5.16 Å². The van der Waals surface area contributed by atoms with Crippen LogP contribution in [0.3, 0.4) is 0 Å². The smallest absolute Gasteiger partial charge is 0.317 e. The number of anilines is 1. The van der Waals surface area contributed by atoms with Crippen molar-refractivity contribution in [3.05, 3.63) is 24.0 Å². The lowest BCUT2D eigenvalue weighted by molar-refractivity contribution is 0.184. The van der Waals surface area contributed by atoms with Gasteiger partial charge in [0.05, 0.1) is 5.39 Å². The highest BCUT2D eigenvalue weighted by molar-refractivity contribution is 5.88. The second-order valence-corrected chi connectivity index (χ2v) is 7.04. The van der Waals surface area contributed by atoms with Gasteiger partial charge in [-0.05, 0) is 25.5 Å². The number of rotatable bonds is 5. The Morgan fingerprint density at radius 3 is 2.81 bits per heavy atom. The van der Waals surface area contributed by atoms with Crippen LogP contribution in [0.15, 0.2) is 22.7 Å². The SMILES string of the molecule is CC(CCN1CCN(c2noc3cc(F)ccc23)CC1)N1CCNC1=O. The number of halogens is 1. The van der Waals surface area contributed by atoms with Gasteiger partial charge >= 0.3 is 6.03 Å². The molecule has 1 unspecified atom stereocenters. The summed E-state index contributed by atoms with van der Waals surface area (Å²) in [5.74, 6) is 0.479. The highest BCUT2D eigenvalue weighted by atomic mass is 19.1. The fourth-order valence-corrected chi connectivity index (χ4v) is 3.74. The number of piperazine rings is 1. The molecule has 8 heteroatoms. The van der Waals surface area contributed by atoms with E-state index >= 15 is 0 Å². The lowest BCUT2D eigenvalue weighted by Gasteiger charge is -2.35. The van der Waals surface area contributed by atoms with Crippen molar-refractivity contribution in [2.45, 2.75) is 19.4 Å². The summed E-state index contributed by atoms with van der Waals surface area (Å²) in [6.07, 6.45) is 0.972. The Kier molecular flexibility index (Phi) is 4.67. The number of carbonyl (C=O) groups excluding carboxylic acids is 1. The molecule has 0 saturated carbocycles. The summed E-state index contributed by atoms with van der Waals surface area (Å²) < 4.78 is 18.6. The van der Waals surface area contributed by atoms with E-state index in [4.69, 9.17) is 4.52 Å². The molecule has 2 amide bonds. The van der Waals surface area contributed by atoms with Crippen LogP contribution < -0.4 is 10.2 Å². The van der Waals surface area contributed by atoms with Crippen LogP contribution >= 0.6 is 0 Å². The third kappa shape index (κ3) is 3.33. The molecule has 0 radical (unpaired) electrons. The average molecular weight is 361 g/mol. The number of hydrogen-bond donors (Lipinski definition) is 1. The molecular weight excluding hydrogens is 337 g/mol. The summed E-state index contributed by atoms with van der Waals surface area (Å²) in [5.41, 5.74) is 0.486. The van der Waals surface area contributed by atoms with Crippen LogP contribution in [0.1, 0.15) is 13.3 Å². The zero-order valence-corrected chi connectivity index (χ0v) is 14.9. The van der Waals surface area contributed by atoms with Gasteiger partial charge in [0, 0.05) is 57.9 Å². The van der Waals surface area contributed by atoms with Gasteiger partial charge < -0.3 is 19.6 Å². The number of fused-ring (bicyclic) bond motifs is 1. The molecule has 2 aliphatic heterocycles. The molecule has 2 aromatic rings. The van der Waals surface area contributed by atoms with Crippen molar-refractivity contribution in [2.24, 2.45) is 0 Å². The van der Waals surface area contributed by atoms with Crippen LogP contribution in [0.4, 0.5) is 15.0 Å². The zero-order chi connectivity index (χ0) is 18.1. The predicted molar refractivity (Wildman–Crippen MR) is 96.8 cm³/mol. The molecule has 2 aliphatic rings. The zero-order valence-electron chi connectivity index (χ0n) is 14.9. The fourth-order valence-electron chi connectivity index (χ4n) is 3.74. The normalized spacial score (nSPS) is 20.0. The van der Waals surface area contributed by atoms with E-state index in [2.05, 4.69) is 27.2 Å². The third-order valence-electron chi connectivity index (χ3n) is 5.37. The Bertz CT molecular complexity index is 787. The van der Waals surface area contributed by atoms with Gasteiger partial charge in [0.15, 0.2) is 11.4 Å². The van der Waals surface area contributed by atoms with Gasteiger partial charge in [0.2, 0.25) is 0 Å². The number of benzene rings is 1. The Morgan fingerprint density at radius 2 is 2.08 bits per heavy atom. The molecule has 0 bridgehead atoms. The summed E-state index contributed by atoms with van der Waals surface area (Å²) in [7, 11) is 0. The number of urea groups is 1. The van der Waals surface area contributed by atoms with Gasteiger partial charge in [0.25, 0.3) is 0 Å². The predicted octanol–water partition coefficient (Wildman–Crippen LogP) is 1.89. The maximum absolute atomic E-state index is 13.3. The molecule has 4 rings (SSSR count). The summed E-state index contributed by atoms with van der Waals surface area (Å²) in [6.45, 7) is 8.23. The average Bonchev–Trinajstić information content (AvgIpc) is 3.26. The Morgan fingerprint density at radius 1 is 1.27 bits per heavy atom. The quantitative estimate of drug-likeness (QED) is 0.881. The highest BCUT2D eigenvalue weighted by Gasteiger charge is 2.26. The van der Waals surface area contributed by atoms with Crippen molar-refractivity contribution < 1.29 is 13.7 Å². The number of carbonyl (C=O) groups is 1. The van der Waals surface area contributed by atoms with E-state index < -0.39 is 0 Å². The lowest BCUT2D eigenvalue weighted by atomic mass is 10.2. The molecule has 26 heavy (non-hydrogen) atoms. The van der Waals surface area contributed by atoms with Crippen LogP contribution in [0, 0.1) is 5.82 Å². The van der Waals surface area contributed by atoms with Crippen LogP contribution in [0.5, 0.6) is 0 Å². The first-order valence-corrected chi connectivity index (χ1v) is 9.18. The maximum Gasteiger partial charge on any atom is 0.317 e. The molecule has 1 aromatic heterocycles.